The van der Waals surface area contributed by atoms with Gasteiger partial charge in [0.25, 0.3) is 0 Å². The van der Waals surface area contributed by atoms with Crippen LogP contribution in [0.1, 0.15) is 13.3 Å². The Kier molecular flexibility index (Phi) is 4.36. The monoisotopic (exact) mass is 243 g/mol. The van der Waals surface area contributed by atoms with Gasteiger partial charge in [-0.2, -0.15) is 0 Å². The van der Waals surface area contributed by atoms with Crippen LogP contribution in [0.4, 0.5) is 0 Å². The maximum Gasteiger partial charge on any atom is 0.343 e. The van der Waals surface area contributed by atoms with Crippen LogP contribution < -0.4 is 5.69 Å². The lowest BCUT2D eigenvalue weighted by atomic mass is 10.2. The Balaban J connectivity index is 2.62. The van der Waals surface area contributed by atoms with Crippen LogP contribution in [0.3, 0.4) is 0 Å². The topological polar surface area (TPSA) is 88.0 Å². The number of carboxylic acids is 1. The lowest BCUT2D eigenvalue weighted by Crippen LogP contribution is -2.12. The average molecular weight is 243 g/mol. The molecule has 0 atom stereocenters. The second-order valence-electron chi connectivity index (χ2n) is 3.07. The Morgan fingerprint density at radius 2 is 2.38 bits per heavy atom. The highest BCUT2D eigenvalue weighted by Crippen LogP contribution is 2.13. The number of aliphatic carboxylic acids is 1. The van der Waals surface area contributed by atoms with Gasteiger partial charge in [0.2, 0.25) is 0 Å². The molecule has 1 aromatic rings. The van der Waals surface area contributed by atoms with E-state index in [4.69, 9.17) is 5.11 Å². The Hall–Kier alpha value is -1.50. The summed E-state index contributed by atoms with van der Waals surface area (Å²) in [5.41, 5.74) is 0.0912. The number of aromatic nitrogens is 3. The summed E-state index contributed by atoms with van der Waals surface area (Å²) in [5.74, 6) is -0.424. The second kappa shape index (κ2) is 5.55. The zero-order valence-electron chi connectivity index (χ0n) is 9.06. The molecule has 6 nitrogen and oxygen atoms in total. The van der Waals surface area contributed by atoms with Gasteiger partial charge in [-0.05, 0) is 6.42 Å². The molecule has 1 rings (SSSR count). The van der Waals surface area contributed by atoms with Gasteiger partial charge in [0.15, 0.2) is 5.16 Å². The second-order valence-corrected chi connectivity index (χ2v) is 4.06. The summed E-state index contributed by atoms with van der Waals surface area (Å²) < 4.78 is 1.38. The quantitative estimate of drug-likeness (QED) is 0.584. The molecular formula is C9H13N3O3S. The van der Waals surface area contributed by atoms with Crippen LogP contribution in [-0.2, 0) is 11.8 Å². The van der Waals surface area contributed by atoms with Crippen LogP contribution >= 0.6 is 11.8 Å². The Labute approximate surface area is 96.4 Å². The molecule has 0 bridgehead atoms. The van der Waals surface area contributed by atoms with Gasteiger partial charge >= 0.3 is 11.7 Å². The number of aromatic amines is 1. The molecule has 0 aliphatic heterocycles. The summed E-state index contributed by atoms with van der Waals surface area (Å²) >= 11 is 1.31. The van der Waals surface area contributed by atoms with Gasteiger partial charge < -0.3 is 5.11 Å². The molecule has 88 valence electrons. The Morgan fingerprint density at radius 1 is 1.69 bits per heavy atom. The third-order valence-electron chi connectivity index (χ3n) is 2.04. The summed E-state index contributed by atoms with van der Waals surface area (Å²) in [5, 5.41) is 15.4. The number of nitrogens with one attached hydrogen (secondary N) is 1. The van der Waals surface area contributed by atoms with Crippen molar-refractivity contribution in [2.75, 3.05) is 5.75 Å². The maximum atomic E-state index is 11.0. The van der Waals surface area contributed by atoms with Crippen molar-refractivity contribution in [1.82, 2.24) is 14.8 Å². The van der Waals surface area contributed by atoms with Crippen molar-refractivity contribution < 1.29 is 9.90 Å². The largest absolute Gasteiger partial charge is 0.478 e. The highest BCUT2D eigenvalue weighted by atomic mass is 32.2. The van der Waals surface area contributed by atoms with Gasteiger partial charge in [-0.15, -0.1) is 5.10 Å². The van der Waals surface area contributed by atoms with E-state index in [1.807, 2.05) is 0 Å². The number of hydrogen-bond donors (Lipinski definition) is 2. The standard InChI is InChI=1S/C9H13N3O3S/c1-3-6(7(13)14)4-5-16-9-11-10-8(15)12(9)2/h4H,3,5H2,1-2H3,(H,10,15)(H,13,14). The number of hydrogen-bond acceptors (Lipinski definition) is 4. The van der Waals surface area contributed by atoms with E-state index in [9.17, 15) is 9.59 Å². The SMILES string of the molecule is CCC(=CCSc1n[nH]c(=O)n1C)C(=O)O. The summed E-state index contributed by atoms with van der Waals surface area (Å²) in [7, 11) is 1.61. The van der Waals surface area contributed by atoms with Gasteiger partial charge in [-0.3, -0.25) is 4.57 Å². The molecule has 0 aliphatic carbocycles. The summed E-state index contributed by atoms with van der Waals surface area (Å²) in [4.78, 5) is 21.7. The molecule has 0 amide bonds. The average Bonchev–Trinajstić information content (AvgIpc) is 2.55. The van der Waals surface area contributed by atoms with E-state index >= 15 is 0 Å². The van der Waals surface area contributed by atoms with E-state index in [2.05, 4.69) is 10.2 Å². The maximum absolute atomic E-state index is 11.0. The number of rotatable bonds is 5. The van der Waals surface area contributed by atoms with E-state index < -0.39 is 5.97 Å². The predicted molar refractivity (Wildman–Crippen MR) is 60.6 cm³/mol. The van der Waals surface area contributed by atoms with Gasteiger partial charge in [0.1, 0.15) is 0 Å². The van der Waals surface area contributed by atoms with Crippen molar-refractivity contribution in [3.63, 3.8) is 0 Å². The van der Waals surface area contributed by atoms with Gasteiger partial charge in [0.05, 0.1) is 0 Å². The highest BCUT2D eigenvalue weighted by molar-refractivity contribution is 7.99. The Morgan fingerprint density at radius 3 is 2.81 bits per heavy atom. The highest BCUT2D eigenvalue weighted by Gasteiger charge is 2.06. The summed E-state index contributed by atoms with van der Waals surface area (Å²) in [6.45, 7) is 1.79. The smallest absolute Gasteiger partial charge is 0.343 e. The lowest BCUT2D eigenvalue weighted by molar-refractivity contribution is -0.132. The molecule has 0 saturated carbocycles. The molecular weight excluding hydrogens is 230 g/mol. The normalized spacial score (nSPS) is 11.8. The minimum atomic E-state index is -0.904. The molecule has 0 unspecified atom stereocenters. The molecule has 1 aromatic heterocycles. The molecule has 0 aliphatic rings. The van der Waals surface area contributed by atoms with Crippen LogP contribution in [0.5, 0.6) is 0 Å². The van der Waals surface area contributed by atoms with Crippen LogP contribution in [0.15, 0.2) is 21.6 Å². The number of H-pyrrole nitrogens is 1. The number of carboxylic acid groups (broad SMARTS) is 1. The van der Waals surface area contributed by atoms with Gasteiger partial charge in [-0.25, -0.2) is 14.7 Å². The first-order valence-electron chi connectivity index (χ1n) is 4.72. The number of carbonyl (C=O) groups is 1. The van der Waals surface area contributed by atoms with E-state index in [-0.39, 0.29) is 5.69 Å². The lowest BCUT2D eigenvalue weighted by Gasteiger charge is -1.98. The summed E-state index contributed by atoms with van der Waals surface area (Å²) in [6, 6.07) is 0. The predicted octanol–water partition coefficient (Wildman–Crippen LogP) is 0.621. The van der Waals surface area contributed by atoms with Crippen molar-refractivity contribution in [2.24, 2.45) is 7.05 Å². The first-order chi connectivity index (χ1) is 7.56. The molecule has 1 heterocycles. The van der Waals surface area contributed by atoms with E-state index in [0.717, 1.165) is 0 Å². The van der Waals surface area contributed by atoms with Crippen molar-refractivity contribution in [1.29, 1.82) is 0 Å². The molecule has 0 aromatic carbocycles. The molecule has 16 heavy (non-hydrogen) atoms. The molecule has 0 fully saturated rings. The molecule has 0 radical (unpaired) electrons. The number of nitrogens with zero attached hydrogens (tertiary/aromatic N) is 2. The van der Waals surface area contributed by atoms with Crippen molar-refractivity contribution in [3.8, 4) is 0 Å². The van der Waals surface area contributed by atoms with Gasteiger partial charge in [-0.1, -0.05) is 24.8 Å². The fourth-order valence-electron chi connectivity index (χ4n) is 1.06. The Bertz CT molecular complexity index is 461. The molecule has 0 spiro atoms. The van der Waals surface area contributed by atoms with Crippen LogP contribution in [-0.4, -0.2) is 31.6 Å². The molecule has 2 N–H and O–H groups in total. The van der Waals surface area contributed by atoms with E-state index in [0.29, 0.717) is 22.9 Å². The zero-order chi connectivity index (χ0) is 12.1. The minimum Gasteiger partial charge on any atom is -0.478 e. The van der Waals surface area contributed by atoms with Crippen LogP contribution in [0, 0.1) is 0 Å². The van der Waals surface area contributed by atoms with E-state index in [1.165, 1.54) is 16.3 Å². The zero-order valence-corrected chi connectivity index (χ0v) is 9.87. The molecule has 0 saturated heterocycles. The fraction of sp³-hybridized carbons (Fsp3) is 0.444. The summed E-state index contributed by atoms with van der Waals surface area (Å²) in [6.07, 6.45) is 2.11. The number of thioether (sulfide) groups is 1. The van der Waals surface area contributed by atoms with Crippen LogP contribution in [0.25, 0.3) is 0 Å². The first-order valence-corrected chi connectivity index (χ1v) is 5.71. The minimum absolute atomic E-state index is 0.277. The fourth-order valence-corrected chi connectivity index (χ4v) is 1.88. The third-order valence-corrected chi connectivity index (χ3v) is 2.99. The van der Waals surface area contributed by atoms with E-state index in [1.54, 1.807) is 20.0 Å². The van der Waals surface area contributed by atoms with Gasteiger partial charge in [0, 0.05) is 18.4 Å². The van der Waals surface area contributed by atoms with Crippen molar-refractivity contribution in [3.05, 3.63) is 22.1 Å². The third kappa shape index (κ3) is 2.99. The van der Waals surface area contributed by atoms with Crippen molar-refractivity contribution >= 4 is 17.7 Å². The molecule has 7 heteroatoms. The first kappa shape index (κ1) is 12.6. The van der Waals surface area contributed by atoms with Crippen molar-refractivity contribution in [2.45, 2.75) is 18.5 Å². The van der Waals surface area contributed by atoms with Crippen LogP contribution in [0.2, 0.25) is 0 Å².